The van der Waals surface area contributed by atoms with E-state index in [9.17, 15) is 13.2 Å². The van der Waals surface area contributed by atoms with Crippen molar-refractivity contribution in [3.05, 3.63) is 60.2 Å². The number of sulfonamides is 1. The maximum Gasteiger partial charge on any atom is 0.243 e. The van der Waals surface area contributed by atoms with Gasteiger partial charge in [0.1, 0.15) is 5.75 Å². The fourth-order valence-corrected chi connectivity index (χ4v) is 3.88. The molecule has 1 atom stereocenters. The van der Waals surface area contributed by atoms with Gasteiger partial charge in [-0.1, -0.05) is 37.3 Å². The lowest BCUT2D eigenvalue weighted by Gasteiger charge is -2.23. The van der Waals surface area contributed by atoms with Gasteiger partial charge in [-0.05, 0) is 43.2 Å². The molecule has 2 rings (SSSR count). The molecule has 1 N–H and O–H groups in total. The van der Waals surface area contributed by atoms with Crippen molar-refractivity contribution in [1.82, 2.24) is 9.62 Å². The van der Waals surface area contributed by atoms with Crippen LogP contribution in [0.4, 0.5) is 0 Å². The van der Waals surface area contributed by atoms with Gasteiger partial charge in [0.2, 0.25) is 15.9 Å². The highest BCUT2D eigenvalue weighted by Crippen LogP contribution is 2.21. The molecule has 0 unspecified atom stereocenters. The van der Waals surface area contributed by atoms with Crippen LogP contribution in [0.3, 0.4) is 0 Å². The summed E-state index contributed by atoms with van der Waals surface area (Å²) in [7, 11) is -2.33. The summed E-state index contributed by atoms with van der Waals surface area (Å²) in [6.07, 6.45) is 0.773. The molecule has 0 aromatic heterocycles. The summed E-state index contributed by atoms with van der Waals surface area (Å²) in [4.78, 5) is 12.5. The van der Waals surface area contributed by atoms with Crippen LogP contribution in [0, 0.1) is 0 Å². The van der Waals surface area contributed by atoms with Crippen LogP contribution in [0.25, 0.3) is 0 Å². The van der Waals surface area contributed by atoms with Crippen LogP contribution in [0.15, 0.2) is 59.5 Å². The van der Waals surface area contributed by atoms with Crippen molar-refractivity contribution in [1.29, 1.82) is 0 Å². The van der Waals surface area contributed by atoms with E-state index in [0.29, 0.717) is 5.75 Å². The van der Waals surface area contributed by atoms with Gasteiger partial charge >= 0.3 is 0 Å². The summed E-state index contributed by atoms with van der Waals surface area (Å²) in [5.74, 6) is 0.246. The first-order chi connectivity index (χ1) is 12.9. The van der Waals surface area contributed by atoms with Gasteiger partial charge in [-0.25, -0.2) is 8.42 Å². The highest BCUT2D eigenvalue weighted by Gasteiger charge is 2.27. The van der Waals surface area contributed by atoms with E-state index >= 15 is 0 Å². The van der Waals surface area contributed by atoms with Crippen LogP contribution in [-0.2, 0) is 21.4 Å². The first-order valence-corrected chi connectivity index (χ1v) is 10.3. The number of benzene rings is 2. The van der Waals surface area contributed by atoms with E-state index in [0.717, 1.165) is 12.0 Å². The second-order valence-corrected chi connectivity index (χ2v) is 8.25. The summed E-state index contributed by atoms with van der Waals surface area (Å²) < 4.78 is 32.5. The number of amides is 1. The zero-order valence-electron chi connectivity index (χ0n) is 15.9. The molecule has 0 spiro atoms. The van der Waals surface area contributed by atoms with Crippen molar-refractivity contribution < 1.29 is 17.9 Å². The molecule has 0 saturated heterocycles. The van der Waals surface area contributed by atoms with Crippen molar-refractivity contribution in [3.63, 3.8) is 0 Å². The molecule has 146 valence electrons. The Balaban J connectivity index is 2.29. The largest absolute Gasteiger partial charge is 0.497 e. The molecule has 6 nitrogen and oxygen atoms in total. The summed E-state index contributed by atoms with van der Waals surface area (Å²) in [5.41, 5.74) is 0.811. The van der Waals surface area contributed by atoms with Crippen molar-refractivity contribution in [2.45, 2.75) is 37.8 Å². The van der Waals surface area contributed by atoms with Gasteiger partial charge in [0.15, 0.2) is 0 Å². The van der Waals surface area contributed by atoms with Crippen LogP contribution >= 0.6 is 0 Å². The predicted molar refractivity (Wildman–Crippen MR) is 105 cm³/mol. The highest BCUT2D eigenvalue weighted by molar-refractivity contribution is 7.89. The summed E-state index contributed by atoms with van der Waals surface area (Å²) >= 11 is 0. The van der Waals surface area contributed by atoms with E-state index in [2.05, 4.69) is 5.32 Å². The minimum Gasteiger partial charge on any atom is -0.497 e. The maximum absolute atomic E-state index is 13.1. The molecule has 0 heterocycles. The Hall–Kier alpha value is -2.38. The first-order valence-electron chi connectivity index (χ1n) is 8.84. The number of methoxy groups -OCH3 is 1. The number of nitrogens with one attached hydrogen (secondary N) is 1. The van der Waals surface area contributed by atoms with Crippen LogP contribution < -0.4 is 10.1 Å². The maximum atomic E-state index is 13.1. The summed E-state index contributed by atoms with van der Waals surface area (Å²) in [6, 6.07) is 15.4. The Morgan fingerprint density at radius 1 is 1.11 bits per heavy atom. The van der Waals surface area contributed by atoms with Crippen LogP contribution in [-0.4, -0.2) is 38.3 Å². The SMILES string of the molecule is CC[C@H](C)NC(=O)CN(Cc1ccccc1)S(=O)(=O)c1ccc(OC)cc1. The predicted octanol–water partition coefficient (Wildman–Crippen LogP) is 2.80. The topological polar surface area (TPSA) is 75.7 Å². The summed E-state index contributed by atoms with van der Waals surface area (Å²) in [5, 5.41) is 2.82. The molecule has 2 aromatic rings. The lowest BCUT2D eigenvalue weighted by Crippen LogP contribution is -2.43. The fourth-order valence-electron chi connectivity index (χ4n) is 2.49. The van der Waals surface area contributed by atoms with Gasteiger partial charge in [-0.2, -0.15) is 4.31 Å². The Kier molecular flexibility index (Phi) is 7.38. The molecule has 0 radical (unpaired) electrons. The van der Waals surface area contributed by atoms with E-state index < -0.39 is 10.0 Å². The monoisotopic (exact) mass is 390 g/mol. The number of nitrogens with zero attached hydrogens (tertiary/aromatic N) is 1. The Morgan fingerprint density at radius 3 is 2.30 bits per heavy atom. The third kappa shape index (κ3) is 5.80. The van der Waals surface area contributed by atoms with Gasteiger partial charge in [-0.3, -0.25) is 4.79 Å². The van der Waals surface area contributed by atoms with Gasteiger partial charge in [0, 0.05) is 12.6 Å². The second-order valence-electron chi connectivity index (χ2n) is 6.31. The van der Waals surface area contributed by atoms with Gasteiger partial charge in [0.05, 0.1) is 18.6 Å². The Labute approximate surface area is 161 Å². The lowest BCUT2D eigenvalue weighted by atomic mass is 10.2. The number of ether oxygens (including phenoxy) is 1. The van der Waals surface area contributed by atoms with E-state index in [4.69, 9.17) is 4.74 Å². The highest BCUT2D eigenvalue weighted by atomic mass is 32.2. The fraction of sp³-hybridized carbons (Fsp3) is 0.350. The molecule has 0 aliphatic rings. The quantitative estimate of drug-likeness (QED) is 0.714. The molecule has 1 amide bonds. The van der Waals surface area contributed by atoms with Crippen molar-refractivity contribution >= 4 is 15.9 Å². The zero-order valence-corrected chi connectivity index (χ0v) is 16.7. The van der Waals surface area contributed by atoms with Gasteiger partial charge in [-0.15, -0.1) is 0 Å². The molecule has 0 saturated carbocycles. The molecule has 0 bridgehead atoms. The average molecular weight is 391 g/mol. The minimum absolute atomic E-state index is 0.0141. The molecule has 0 aliphatic carbocycles. The Morgan fingerprint density at radius 2 is 1.74 bits per heavy atom. The minimum atomic E-state index is -3.84. The van der Waals surface area contributed by atoms with Crippen LogP contribution in [0.5, 0.6) is 5.75 Å². The molecular weight excluding hydrogens is 364 g/mol. The van der Waals surface area contributed by atoms with E-state index in [1.165, 1.54) is 23.5 Å². The Bertz CT molecular complexity index is 836. The van der Waals surface area contributed by atoms with Crippen molar-refractivity contribution in [2.24, 2.45) is 0 Å². The molecular formula is C20H26N2O4S. The molecule has 2 aromatic carbocycles. The van der Waals surface area contributed by atoms with E-state index in [1.54, 1.807) is 12.1 Å². The second kappa shape index (κ2) is 9.53. The van der Waals surface area contributed by atoms with Crippen molar-refractivity contribution in [3.8, 4) is 5.75 Å². The first kappa shape index (κ1) is 20.9. The lowest BCUT2D eigenvalue weighted by molar-refractivity contribution is -0.122. The molecule has 7 heteroatoms. The van der Waals surface area contributed by atoms with Gasteiger partial charge in [0.25, 0.3) is 0 Å². The zero-order chi connectivity index (χ0) is 19.9. The number of rotatable bonds is 9. The molecule has 0 fully saturated rings. The van der Waals surface area contributed by atoms with Crippen molar-refractivity contribution in [2.75, 3.05) is 13.7 Å². The molecule has 0 aliphatic heterocycles. The number of carbonyl (C=O) groups excluding carboxylic acids is 1. The smallest absolute Gasteiger partial charge is 0.243 e. The van der Waals surface area contributed by atoms with Crippen LogP contribution in [0.2, 0.25) is 0 Å². The standard InChI is InChI=1S/C20H26N2O4S/c1-4-16(2)21-20(23)15-22(14-17-8-6-5-7-9-17)27(24,25)19-12-10-18(26-3)11-13-19/h5-13,16H,4,14-15H2,1-3H3,(H,21,23)/t16-/m0/s1. The number of hydrogen-bond donors (Lipinski definition) is 1. The third-order valence-corrected chi connectivity index (χ3v) is 6.04. The normalized spacial score (nSPS) is 12.6. The summed E-state index contributed by atoms with van der Waals surface area (Å²) in [6.45, 7) is 3.72. The average Bonchev–Trinajstić information content (AvgIpc) is 2.68. The van der Waals surface area contributed by atoms with E-state index in [1.807, 2.05) is 44.2 Å². The molecule has 27 heavy (non-hydrogen) atoms. The number of carbonyl (C=O) groups is 1. The van der Waals surface area contributed by atoms with E-state index in [-0.39, 0.29) is 29.9 Å². The number of hydrogen-bond acceptors (Lipinski definition) is 4. The van der Waals surface area contributed by atoms with Crippen LogP contribution in [0.1, 0.15) is 25.8 Å². The van der Waals surface area contributed by atoms with Gasteiger partial charge < -0.3 is 10.1 Å². The third-order valence-electron chi connectivity index (χ3n) is 4.24.